The average molecular weight is 314 g/mol. The number of aliphatic carboxylic acids is 1. The minimum Gasteiger partial charge on any atom is -0.480 e. The third kappa shape index (κ3) is 4.28. The van der Waals surface area contributed by atoms with Crippen LogP contribution in [0.25, 0.3) is 0 Å². The second-order valence-electron chi connectivity index (χ2n) is 6.28. The van der Waals surface area contributed by atoms with Crippen molar-refractivity contribution >= 4 is 23.8 Å². The van der Waals surface area contributed by atoms with E-state index in [1.165, 1.54) is 12.8 Å². The van der Waals surface area contributed by atoms with Crippen LogP contribution in [0.15, 0.2) is 0 Å². The van der Waals surface area contributed by atoms with Crippen molar-refractivity contribution in [3.8, 4) is 0 Å². The summed E-state index contributed by atoms with van der Waals surface area (Å²) in [4.78, 5) is 23.4. The molecule has 0 heterocycles. The van der Waals surface area contributed by atoms with Gasteiger partial charge in [0.15, 0.2) is 0 Å². The van der Waals surface area contributed by atoms with Crippen molar-refractivity contribution in [2.24, 2.45) is 5.92 Å². The molecule has 6 heteroatoms. The van der Waals surface area contributed by atoms with Gasteiger partial charge in [-0.05, 0) is 37.9 Å². The fourth-order valence-corrected chi connectivity index (χ4v) is 4.22. The number of rotatable bonds is 6. The molecule has 2 aliphatic rings. The van der Waals surface area contributed by atoms with Crippen LogP contribution in [-0.2, 0) is 4.79 Å². The van der Waals surface area contributed by atoms with E-state index in [4.69, 9.17) is 0 Å². The third-order valence-corrected chi connectivity index (χ3v) is 6.36. The number of carbonyl (C=O) groups is 2. The van der Waals surface area contributed by atoms with Gasteiger partial charge in [0.05, 0.1) is 0 Å². The summed E-state index contributed by atoms with van der Waals surface area (Å²) >= 11 is 1.80. The largest absolute Gasteiger partial charge is 0.480 e. The highest BCUT2D eigenvalue weighted by molar-refractivity contribution is 8.00. The molecule has 0 saturated heterocycles. The maximum atomic E-state index is 12.0. The van der Waals surface area contributed by atoms with Crippen molar-refractivity contribution in [2.75, 3.05) is 12.8 Å². The van der Waals surface area contributed by atoms with E-state index in [2.05, 4.69) is 16.9 Å². The van der Waals surface area contributed by atoms with Crippen molar-refractivity contribution in [3.63, 3.8) is 0 Å². The predicted molar refractivity (Wildman–Crippen MR) is 84.6 cm³/mol. The first kappa shape index (κ1) is 16.5. The standard InChI is InChI=1S/C15H26N2O3S/c1-21-15(8-5-9-15)10-16-14(20)17-12(13(18)19)11-6-3-2-4-7-11/h11-12H,2-10H2,1H3,(H,18,19)(H2,16,17,20). The lowest BCUT2D eigenvalue weighted by Crippen LogP contribution is -2.53. The number of thioether (sulfide) groups is 1. The first-order valence-corrected chi connectivity index (χ1v) is 9.11. The molecule has 2 saturated carbocycles. The highest BCUT2D eigenvalue weighted by atomic mass is 32.2. The SMILES string of the molecule is CSC1(CNC(=O)NC(C(=O)O)C2CCCCC2)CCC1. The normalized spacial score (nSPS) is 22.9. The monoisotopic (exact) mass is 314 g/mol. The van der Waals surface area contributed by atoms with E-state index >= 15 is 0 Å². The quantitative estimate of drug-likeness (QED) is 0.704. The highest BCUT2D eigenvalue weighted by Crippen LogP contribution is 2.42. The van der Waals surface area contributed by atoms with Crippen molar-refractivity contribution in [1.82, 2.24) is 10.6 Å². The lowest BCUT2D eigenvalue weighted by atomic mass is 9.83. The molecule has 0 aromatic heterocycles. The Labute approximate surface area is 130 Å². The minimum atomic E-state index is -0.916. The third-order valence-electron chi connectivity index (χ3n) is 4.94. The van der Waals surface area contributed by atoms with Crippen LogP contribution in [0, 0.1) is 5.92 Å². The van der Waals surface area contributed by atoms with Crippen molar-refractivity contribution < 1.29 is 14.7 Å². The van der Waals surface area contributed by atoms with Gasteiger partial charge in [-0.25, -0.2) is 9.59 Å². The summed E-state index contributed by atoms with van der Waals surface area (Å²) in [5.41, 5.74) is 0. The lowest BCUT2D eigenvalue weighted by molar-refractivity contribution is -0.141. The summed E-state index contributed by atoms with van der Waals surface area (Å²) in [6.45, 7) is 0.622. The average Bonchev–Trinajstić information content (AvgIpc) is 2.44. The fraction of sp³-hybridized carbons (Fsp3) is 0.867. The lowest BCUT2D eigenvalue weighted by Gasteiger charge is -2.40. The Hall–Kier alpha value is -0.910. The number of amides is 2. The van der Waals surface area contributed by atoms with Crippen LogP contribution in [0.2, 0.25) is 0 Å². The number of hydrogen-bond donors (Lipinski definition) is 3. The first-order chi connectivity index (χ1) is 10.1. The highest BCUT2D eigenvalue weighted by Gasteiger charge is 2.37. The van der Waals surface area contributed by atoms with Crippen LogP contribution in [0.5, 0.6) is 0 Å². The minimum absolute atomic E-state index is 0.0696. The maximum absolute atomic E-state index is 12.0. The van der Waals surface area contributed by atoms with E-state index in [9.17, 15) is 14.7 Å². The molecule has 0 spiro atoms. The Morgan fingerprint density at radius 2 is 1.90 bits per heavy atom. The second kappa shape index (κ2) is 7.38. The smallest absolute Gasteiger partial charge is 0.326 e. The summed E-state index contributed by atoms with van der Waals surface area (Å²) in [5.74, 6) is -0.847. The van der Waals surface area contributed by atoms with Gasteiger partial charge in [0, 0.05) is 11.3 Å². The zero-order chi connectivity index (χ0) is 15.3. The summed E-state index contributed by atoms with van der Waals surface area (Å²) in [6.07, 6.45) is 10.6. The molecule has 3 N–H and O–H groups in total. The zero-order valence-electron chi connectivity index (χ0n) is 12.7. The van der Waals surface area contributed by atoms with Gasteiger partial charge in [-0.2, -0.15) is 11.8 Å². The molecule has 0 aromatic rings. The van der Waals surface area contributed by atoms with Crippen molar-refractivity contribution in [1.29, 1.82) is 0 Å². The Kier molecular flexibility index (Phi) is 5.79. The molecule has 0 aliphatic heterocycles. The molecule has 2 amide bonds. The molecule has 120 valence electrons. The molecular formula is C15H26N2O3S. The number of hydrogen-bond acceptors (Lipinski definition) is 3. The van der Waals surface area contributed by atoms with E-state index in [0.29, 0.717) is 6.54 Å². The Morgan fingerprint density at radius 1 is 1.24 bits per heavy atom. The first-order valence-electron chi connectivity index (χ1n) is 7.89. The van der Waals surface area contributed by atoms with E-state index in [1.807, 2.05) is 0 Å². The molecule has 5 nitrogen and oxygen atoms in total. The molecule has 1 unspecified atom stereocenters. The van der Waals surface area contributed by atoms with Gasteiger partial charge >= 0.3 is 12.0 Å². The van der Waals surface area contributed by atoms with Gasteiger partial charge in [-0.3, -0.25) is 0 Å². The topological polar surface area (TPSA) is 78.4 Å². The Bertz CT molecular complexity index is 374. The second-order valence-corrected chi connectivity index (χ2v) is 7.56. The molecule has 0 bridgehead atoms. The Morgan fingerprint density at radius 3 is 2.38 bits per heavy atom. The molecule has 2 fully saturated rings. The van der Waals surface area contributed by atoms with Gasteiger partial charge in [-0.1, -0.05) is 25.7 Å². The summed E-state index contributed by atoms with van der Waals surface area (Å²) in [6, 6.07) is -1.09. The number of urea groups is 1. The fourth-order valence-electron chi connectivity index (χ4n) is 3.31. The van der Waals surface area contributed by atoms with Crippen LogP contribution in [0.3, 0.4) is 0 Å². The number of carboxylic acid groups (broad SMARTS) is 1. The molecule has 2 rings (SSSR count). The number of carboxylic acids is 1. The van der Waals surface area contributed by atoms with Gasteiger partial charge in [0.2, 0.25) is 0 Å². The number of nitrogens with one attached hydrogen (secondary N) is 2. The van der Waals surface area contributed by atoms with E-state index < -0.39 is 12.0 Å². The van der Waals surface area contributed by atoms with Crippen LogP contribution in [0.4, 0.5) is 4.79 Å². The van der Waals surface area contributed by atoms with Crippen molar-refractivity contribution in [3.05, 3.63) is 0 Å². The van der Waals surface area contributed by atoms with Crippen molar-refractivity contribution in [2.45, 2.75) is 62.2 Å². The maximum Gasteiger partial charge on any atom is 0.326 e. The van der Waals surface area contributed by atoms with E-state index in [-0.39, 0.29) is 16.7 Å². The van der Waals surface area contributed by atoms with Gasteiger partial charge in [0.1, 0.15) is 6.04 Å². The van der Waals surface area contributed by atoms with E-state index in [0.717, 1.165) is 38.5 Å². The van der Waals surface area contributed by atoms with Gasteiger partial charge in [-0.15, -0.1) is 0 Å². The molecule has 0 radical (unpaired) electrons. The zero-order valence-corrected chi connectivity index (χ0v) is 13.5. The van der Waals surface area contributed by atoms with Gasteiger partial charge in [0.25, 0.3) is 0 Å². The molecule has 0 aromatic carbocycles. The molecular weight excluding hydrogens is 288 g/mol. The summed E-state index contributed by atoms with van der Waals surface area (Å²) in [5, 5.41) is 14.9. The Balaban J connectivity index is 1.82. The molecule has 1 atom stereocenters. The molecule has 21 heavy (non-hydrogen) atoms. The molecule has 2 aliphatic carbocycles. The van der Waals surface area contributed by atoms with E-state index in [1.54, 1.807) is 11.8 Å². The van der Waals surface area contributed by atoms with Crippen LogP contribution >= 0.6 is 11.8 Å². The van der Waals surface area contributed by atoms with Gasteiger partial charge < -0.3 is 15.7 Å². The van der Waals surface area contributed by atoms with Crippen LogP contribution in [-0.4, -0.2) is 40.7 Å². The van der Waals surface area contributed by atoms with Crippen LogP contribution in [0.1, 0.15) is 51.4 Å². The number of carbonyl (C=O) groups excluding carboxylic acids is 1. The van der Waals surface area contributed by atoms with Crippen LogP contribution < -0.4 is 10.6 Å². The summed E-state index contributed by atoms with van der Waals surface area (Å²) in [7, 11) is 0. The summed E-state index contributed by atoms with van der Waals surface area (Å²) < 4.78 is 0.168. The predicted octanol–water partition coefficient (Wildman–Crippen LogP) is 2.60.